The molecule has 21 heavy (non-hydrogen) atoms. The van der Waals surface area contributed by atoms with E-state index in [9.17, 15) is 18.0 Å². The molecular formula is C15H13F3N2O. The third-order valence-corrected chi connectivity index (χ3v) is 2.84. The van der Waals surface area contributed by atoms with E-state index in [-0.39, 0.29) is 18.8 Å². The molecule has 2 rings (SSSR count). The van der Waals surface area contributed by atoms with Gasteiger partial charge in [0.05, 0.1) is 0 Å². The van der Waals surface area contributed by atoms with E-state index in [1.54, 1.807) is 18.2 Å². The van der Waals surface area contributed by atoms with E-state index in [0.29, 0.717) is 5.56 Å². The maximum Gasteiger partial charge on any atom is 0.319 e. The molecule has 0 saturated carbocycles. The maximum absolute atomic E-state index is 13.3. The molecule has 0 aliphatic rings. The molecule has 0 fully saturated rings. The number of hydrogen-bond acceptors (Lipinski definition) is 1. The van der Waals surface area contributed by atoms with Gasteiger partial charge in [-0.3, -0.25) is 0 Å². The molecule has 2 N–H and O–H groups in total. The summed E-state index contributed by atoms with van der Waals surface area (Å²) in [7, 11) is 0. The van der Waals surface area contributed by atoms with Gasteiger partial charge in [-0.15, -0.1) is 0 Å². The van der Waals surface area contributed by atoms with E-state index in [4.69, 9.17) is 0 Å². The van der Waals surface area contributed by atoms with Crippen molar-refractivity contribution < 1.29 is 18.0 Å². The van der Waals surface area contributed by atoms with Crippen molar-refractivity contribution in [3.05, 3.63) is 65.5 Å². The zero-order valence-electron chi connectivity index (χ0n) is 11.0. The third kappa shape index (κ3) is 3.98. The normalized spacial score (nSPS) is 10.2. The van der Waals surface area contributed by atoms with Crippen LogP contribution in [-0.2, 0) is 6.42 Å². The lowest BCUT2D eigenvalue weighted by molar-refractivity contribution is 0.252. The zero-order valence-corrected chi connectivity index (χ0v) is 11.0. The number of rotatable bonds is 4. The second-order valence-corrected chi connectivity index (χ2v) is 4.32. The molecule has 0 aliphatic heterocycles. The van der Waals surface area contributed by atoms with Gasteiger partial charge >= 0.3 is 6.03 Å². The van der Waals surface area contributed by atoms with Gasteiger partial charge < -0.3 is 10.6 Å². The molecule has 0 heterocycles. The minimum Gasteiger partial charge on any atom is -0.338 e. The number of anilines is 1. The molecule has 0 saturated heterocycles. The summed E-state index contributed by atoms with van der Waals surface area (Å²) in [6.45, 7) is 0.142. The molecule has 0 aromatic heterocycles. The van der Waals surface area contributed by atoms with Crippen molar-refractivity contribution in [3.63, 3.8) is 0 Å². The number of carbonyl (C=O) groups is 1. The number of benzene rings is 2. The van der Waals surface area contributed by atoms with Crippen LogP contribution in [0, 0.1) is 17.5 Å². The number of para-hydroxylation sites is 1. The Labute approximate surface area is 119 Å². The number of hydrogen-bond donors (Lipinski definition) is 2. The predicted molar refractivity (Wildman–Crippen MR) is 73.5 cm³/mol. The van der Waals surface area contributed by atoms with Gasteiger partial charge in [0, 0.05) is 6.54 Å². The fourth-order valence-corrected chi connectivity index (χ4v) is 1.79. The van der Waals surface area contributed by atoms with E-state index in [2.05, 4.69) is 10.6 Å². The van der Waals surface area contributed by atoms with Crippen molar-refractivity contribution in [3.8, 4) is 0 Å². The van der Waals surface area contributed by atoms with Gasteiger partial charge in [-0.2, -0.15) is 0 Å². The fraction of sp³-hybridized carbons (Fsp3) is 0.133. The molecule has 0 radical (unpaired) electrons. The van der Waals surface area contributed by atoms with Crippen LogP contribution in [0.4, 0.5) is 23.7 Å². The first-order chi connectivity index (χ1) is 10.1. The molecule has 3 nitrogen and oxygen atoms in total. The summed E-state index contributed by atoms with van der Waals surface area (Å²) < 4.78 is 40.0. The summed E-state index contributed by atoms with van der Waals surface area (Å²) in [4.78, 5) is 11.5. The fourth-order valence-electron chi connectivity index (χ4n) is 1.79. The molecule has 110 valence electrons. The molecule has 0 atom stereocenters. The van der Waals surface area contributed by atoms with Crippen LogP contribution in [0.1, 0.15) is 5.56 Å². The number of carbonyl (C=O) groups excluding carboxylic acids is 1. The summed E-state index contributed by atoms with van der Waals surface area (Å²) in [5.41, 5.74) is -0.0595. The Bertz CT molecular complexity index is 626. The third-order valence-electron chi connectivity index (χ3n) is 2.84. The van der Waals surface area contributed by atoms with E-state index < -0.39 is 23.4 Å². The van der Waals surface area contributed by atoms with Gasteiger partial charge in [-0.05, 0) is 30.2 Å². The number of urea groups is 1. The second kappa shape index (κ2) is 6.78. The Kier molecular flexibility index (Phi) is 4.81. The zero-order chi connectivity index (χ0) is 15.2. The Morgan fingerprint density at radius 2 is 1.52 bits per heavy atom. The maximum atomic E-state index is 13.3. The molecular weight excluding hydrogens is 281 g/mol. The quantitative estimate of drug-likeness (QED) is 0.890. The Morgan fingerprint density at radius 3 is 2.19 bits per heavy atom. The van der Waals surface area contributed by atoms with Crippen LogP contribution in [0.3, 0.4) is 0 Å². The van der Waals surface area contributed by atoms with Crippen molar-refractivity contribution in [2.24, 2.45) is 0 Å². The lowest BCUT2D eigenvalue weighted by Gasteiger charge is -2.09. The minimum absolute atomic E-state index is 0.142. The van der Waals surface area contributed by atoms with Crippen molar-refractivity contribution in [1.82, 2.24) is 5.32 Å². The topological polar surface area (TPSA) is 41.1 Å². The van der Waals surface area contributed by atoms with Crippen LogP contribution < -0.4 is 10.6 Å². The van der Waals surface area contributed by atoms with Gasteiger partial charge in [0.1, 0.15) is 23.1 Å². The average molecular weight is 294 g/mol. The smallest absolute Gasteiger partial charge is 0.319 e. The molecule has 2 amide bonds. The molecule has 0 spiro atoms. The molecule has 0 unspecified atom stereocenters. The molecule has 2 aromatic rings. The van der Waals surface area contributed by atoms with Gasteiger partial charge in [-0.1, -0.05) is 24.3 Å². The average Bonchev–Trinajstić information content (AvgIpc) is 2.45. The number of halogens is 3. The Hall–Kier alpha value is -2.50. The predicted octanol–water partition coefficient (Wildman–Crippen LogP) is 3.47. The van der Waals surface area contributed by atoms with Crippen molar-refractivity contribution in [1.29, 1.82) is 0 Å². The monoisotopic (exact) mass is 294 g/mol. The lowest BCUT2D eigenvalue weighted by Crippen LogP contribution is -2.31. The largest absolute Gasteiger partial charge is 0.338 e. The highest BCUT2D eigenvalue weighted by Gasteiger charge is 2.11. The van der Waals surface area contributed by atoms with Crippen molar-refractivity contribution in [2.45, 2.75) is 6.42 Å². The molecule has 6 heteroatoms. The summed E-state index contributed by atoms with van der Waals surface area (Å²) >= 11 is 0. The molecule has 0 bridgehead atoms. The van der Waals surface area contributed by atoms with Crippen LogP contribution in [0.15, 0.2) is 42.5 Å². The van der Waals surface area contributed by atoms with Gasteiger partial charge in [0.25, 0.3) is 0 Å². The van der Waals surface area contributed by atoms with E-state index >= 15 is 0 Å². The van der Waals surface area contributed by atoms with Gasteiger partial charge in [0.2, 0.25) is 0 Å². The van der Waals surface area contributed by atoms with E-state index in [1.807, 2.05) is 0 Å². The first-order valence-electron chi connectivity index (χ1n) is 6.30. The van der Waals surface area contributed by atoms with Crippen LogP contribution in [0.5, 0.6) is 0 Å². The first-order valence-corrected chi connectivity index (χ1v) is 6.30. The first kappa shape index (κ1) is 14.9. The minimum atomic E-state index is -0.862. The van der Waals surface area contributed by atoms with Crippen molar-refractivity contribution >= 4 is 11.7 Å². The number of nitrogens with one attached hydrogen (secondary N) is 2. The Morgan fingerprint density at radius 1 is 0.905 bits per heavy atom. The van der Waals surface area contributed by atoms with Crippen molar-refractivity contribution in [2.75, 3.05) is 11.9 Å². The summed E-state index contributed by atoms with van der Waals surface area (Å²) in [5.74, 6) is -2.08. The summed E-state index contributed by atoms with van der Waals surface area (Å²) in [6.07, 6.45) is 0.278. The standard InChI is InChI=1S/C15H13F3N2O/c16-11-5-2-1-4-10(11)8-9-19-15(21)20-14-12(17)6-3-7-13(14)18/h1-7H,8-9H2,(H2,19,20,21). The lowest BCUT2D eigenvalue weighted by atomic mass is 10.1. The molecule has 0 aliphatic carbocycles. The summed E-state index contributed by atoms with van der Waals surface area (Å²) in [6, 6.07) is 8.71. The van der Waals surface area contributed by atoms with Crippen LogP contribution in [0.2, 0.25) is 0 Å². The molecule has 2 aromatic carbocycles. The van der Waals surface area contributed by atoms with Crippen LogP contribution in [-0.4, -0.2) is 12.6 Å². The van der Waals surface area contributed by atoms with E-state index in [1.165, 1.54) is 12.1 Å². The Balaban J connectivity index is 1.87. The van der Waals surface area contributed by atoms with Gasteiger partial charge in [-0.25, -0.2) is 18.0 Å². The summed E-state index contributed by atoms with van der Waals surface area (Å²) in [5, 5.41) is 4.50. The van der Waals surface area contributed by atoms with Gasteiger partial charge in [0.15, 0.2) is 0 Å². The van der Waals surface area contributed by atoms with E-state index in [0.717, 1.165) is 12.1 Å². The number of amides is 2. The van der Waals surface area contributed by atoms with Crippen LogP contribution >= 0.6 is 0 Å². The highest BCUT2D eigenvalue weighted by Crippen LogP contribution is 2.17. The highest BCUT2D eigenvalue weighted by molar-refractivity contribution is 5.89. The SMILES string of the molecule is O=C(NCCc1ccccc1F)Nc1c(F)cccc1F. The van der Waals surface area contributed by atoms with Crippen LogP contribution in [0.25, 0.3) is 0 Å². The highest BCUT2D eigenvalue weighted by atomic mass is 19.1. The second-order valence-electron chi connectivity index (χ2n) is 4.32.